The van der Waals surface area contributed by atoms with Crippen LogP contribution in [0.5, 0.6) is 5.75 Å². The highest BCUT2D eigenvalue weighted by atomic mass is 32.2. The molecule has 3 nitrogen and oxygen atoms in total. The maximum absolute atomic E-state index is 7.53. The van der Waals surface area contributed by atoms with E-state index in [0.717, 1.165) is 28.4 Å². The van der Waals surface area contributed by atoms with E-state index >= 15 is 0 Å². The number of nitrogen functional groups attached to an aromatic ring is 1. The van der Waals surface area contributed by atoms with Gasteiger partial charge in [-0.05, 0) is 36.2 Å². The zero-order valence-corrected chi connectivity index (χ0v) is 13.2. The van der Waals surface area contributed by atoms with E-state index < -0.39 is 0 Å². The summed E-state index contributed by atoms with van der Waals surface area (Å²) >= 11 is 1.83. The third-order valence-electron chi connectivity index (χ3n) is 3.37. The second-order valence-corrected chi connectivity index (χ2v) is 5.85. The molecule has 0 aliphatic heterocycles. The minimum Gasteiger partial charge on any atom is -0.496 e. The average molecular weight is 300 g/mol. The lowest BCUT2D eigenvalue weighted by molar-refractivity contribution is 0.411. The molecule has 21 heavy (non-hydrogen) atoms. The molecule has 2 rings (SSSR count). The molecule has 0 fully saturated rings. The van der Waals surface area contributed by atoms with Gasteiger partial charge in [-0.2, -0.15) is 11.8 Å². The molecule has 0 saturated heterocycles. The molecule has 0 unspecified atom stereocenters. The van der Waals surface area contributed by atoms with E-state index in [2.05, 4.69) is 31.2 Å². The van der Waals surface area contributed by atoms with Crippen LogP contribution in [0.4, 0.5) is 0 Å². The van der Waals surface area contributed by atoms with Crippen LogP contribution in [-0.2, 0) is 11.5 Å². The van der Waals surface area contributed by atoms with Gasteiger partial charge in [0, 0.05) is 22.6 Å². The van der Waals surface area contributed by atoms with E-state index in [4.69, 9.17) is 15.9 Å². The number of benzene rings is 2. The Balaban J connectivity index is 2.07. The first-order valence-corrected chi connectivity index (χ1v) is 7.91. The first-order chi connectivity index (χ1) is 10.1. The quantitative estimate of drug-likeness (QED) is 0.631. The minimum absolute atomic E-state index is 0.0859. The lowest BCUT2D eigenvalue weighted by atomic mass is 10.1. The predicted molar refractivity (Wildman–Crippen MR) is 90.2 cm³/mol. The number of methoxy groups -OCH3 is 1. The van der Waals surface area contributed by atoms with Gasteiger partial charge in [0.25, 0.3) is 0 Å². The SMILES string of the molecule is COc1ccc(C(=N)N)cc1CSCc1ccccc1C. The van der Waals surface area contributed by atoms with Crippen LogP contribution in [0, 0.1) is 12.3 Å². The summed E-state index contributed by atoms with van der Waals surface area (Å²) in [5.74, 6) is 2.72. The molecule has 3 N–H and O–H groups in total. The number of nitrogens with one attached hydrogen (secondary N) is 1. The first kappa shape index (κ1) is 15.4. The summed E-state index contributed by atoms with van der Waals surface area (Å²) in [5, 5.41) is 7.53. The van der Waals surface area contributed by atoms with E-state index in [1.165, 1.54) is 11.1 Å². The third-order valence-corrected chi connectivity index (χ3v) is 4.40. The predicted octanol–water partition coefficient (Wildman–Crippen LogP) is 3.72. The van der Waals surface area contributed by atoms with Gasteiger partial charge in [0.1, 0.15) is 11.6 Å². The van der Waals surface area contributed by atoms with Crippen molar-refractivity contribution < 1.29 is 4.74 Å². The highest BCUT2D eigenvalue weighted by Crippen LogP contribution is 2.27. The van der Waals surface area contributed by atoms with Crippen molar-refractivity contribution in [1.82, 2.24) is 0 Å². The maximum Gasteiger partial charge on any atom is 0.122 e. The first-order valence-electron chi connectivity index (χ1n) is 6.75. The monoisotopic (exact) mass is 300 g/mol. The Morgan fingerprint density at radius 3 is 2.52 bits per heavy atom. The molecule has 2 aromatic carbocycles. The summed E-state index contributed by atoms with van der Waals surface area (Å²) in [4.78, 5) is 0. The zero-order valence-electron chi connectivity index (χ0n) is 12.3. The largest absolute Gasteiger partial charge is 0.496 e. The number of amidine groups is 1. The van der Waals surface area contributed by atoms with Gasteiger partial charge in [-0.15, -0.1) is 0 Å². The number of aryl methyl sites for hydroxylation is 1. The van der Waals surface area contributed by atoms with Crippen LogP contribution in [0.15, 0.2) is 42.5 Å². The summed E-state index contributed by atoms with van der Waals surface area (Å²) in [5.41, 5.74) is 10.0. The topological polar surface area (TPSA) is 59.1 Å². The fourth-order valence-corrected chi connectivity index (χ4v) is 3.19. The van der Waals surface area contributed by atoms with Crippen molar-refractivity contribution in [3.8, 4) is 5.75 Å². The smallest absolute Gasteiger partial charge is 0.122 e. The number of thioether (sulfide) groups is 1. The van der Waals surface area contributed by atoms with Crippen molar-refractivity contribution in [1.29, 1.82) is 5.41 Å². The van der Waals surface area contributed by atoms with E-state index in [-0.39, 0.29) is 5.84 Å². The number of hydrogen-bond acceptors (Lipinski definition) is 3. The average Bonchev–Trinajstić information content (AvgIpc) is 2.49. The molecule has 0 aliphatic carbocycles. The molecular weight excluding hydrogens is 280 g/mol. The summed E-state index contributed by atoms with van der Waals surface area (Å²) < 4.78 is 5.38. The molecule has 0 aromatic heterocycles. The standard InChI is InChI=1S/C17H20N2OS/c1-12-5-3-4-6-14(12)10-21-11-15-9-13(17(18)19)7-8-16(15)20-2/h3-9H,10-11H2,1-2H3,(H3,18,19). The molecule has 0 saturated carbocycles. The molecule has 0 bridgehead atoms. The summed E-state index contributed by atoms with van der Waals surface area (Å²) in [7, 11) is 1.66. The maximum atomic E-state index is 7.53. The molecule has 110 valence electrons. The van der Waals surface area contributed by atoms with Crippen molar-refractivity contribution in [2.45, 2.75) is 18.4 Å². The van der Waals surface area contributed by atoms with Crippen LogP contribution >= 0.6 is 11.8 Å². The number of hydrogen-bond donors (Lipinski definition) is 2. The highest BCUT2D eigenvalue weighted by molar-refractivity contribution is 7.97. The molecule has 0 radical (unpaired) electrons. The van der Waals surface area contributed by atoms with Gasteiger partial charge in [-0.25, -0.2) is 0 Å². The van der Waals surface area contributed by atoms with Gasteiger partial charge in [0.2, 0.25) is 0 Å². The Bertz CT molecular complexity index is 640. The van der Waals surface area contributed by atoms with Crippen molar-refractivity contribution >= 4 is 17.6 Å². The highest BCUT2D eigenvalue weighted by Gasteiger charge is 2.07. The van der Waals surface area contributed by atoms with Crippen LogP contribution in [0.1, 0.15) is 22.3 Å². The van der Waals surface area contributed by atoms with Crippen LogP contribution in [0.3, 0.4) is 0 Å². The van der Waals surface area contributed by atoms with Crippen molar-refractivity contribution in [3.63, 3.8) is 0 Å². The van der Waals surface area contributed by atoms with E-state index in [9.17, 15) is 0 Å². The second-order valence-electron chi connectivity index (χ2n) is 4.86. The number of rotatable bonds is 6. The summed E-state index contributed by atoms with van der Waals surface area (Å²) in [6.07, 6.45) is 0. The van der Waals surface area contributed by atoms with E-state index in [1.807, 2.05) is 30.0 Å². The fourth-order valence-electron chi connectivity index (χ4n) is 2.10. The van der Waals surface area contributed by atoms with E-state index in [0.29, 0.717) is 0 Å². The molecule has 0 aliphatic rings. The van der Waals surface area contributed by atoms with Crippen molar-refractivity contribution in [2.75, 3.05) is 7.11 Å². The lowest BCUT2D eigenvalue weighted by Gasteiger charge is -2.11. The summed E-state index contributed by atoms with van der Waals surface area (Å²) in [6, 6.07) is 14.0. The molecule has 2 aromatic rings. The van der Waals surface area contributed by atoms with Gasteiger partial charge < -0.3 is 10.5 Å². The molecule has 0 atom stereocenters. The van der Waals surface area contributed by atoms with Crippen LogP contribution in [0.2, 0.25) is 0 Å². The van der Waals surface area contributed by atoms with Crippen LogP contribution in [-0.4, -0.2) is 12.9 Å². The van der Waals surface area contributed by atoms with Gasteiger partial charge in [0.05, 0.1) is 7.11 Å². The van der Waals surface area contributed by atoms with Crippen LogP contribution < -0.4 is 10.5 Å². The molecule has 4 heteroatoms. The van der Waals surface area contributed by atoms with Gasteiger partial charge in [0.15, 0.2) is 0 Å². The normalized spacial score (nSPS) is 10.4. The Labute approximate surface area is 130 Å². The fraction of sp³-hybridized carbons (Fsp3) is 0.235. The van der Waals surface area contributed by atoms with Crippen LogP contribution in [0.25, 0.3) is 0 Å². The molecule has 0 amide bonds. The number of nitrogens with two attached hydrogens (primary N) is 1. The number of ether oxygens (including phenoxy) is 1. The second kappa shape index (κ2) is 7.18. The van der Waals surface area contributed by atoms with Gasteiger partial charge in [-0.3, -0.25) is 5.41 Å². The third kappa shape index (κ3) is 4.02. The minimum atomic E-state index is 0.0859. The Morgan fingerprint density at radius 1 is 1.14 bits per heavy atom. The van der Waals surface area contributed by atoms with Gasteiger partial charge in [-0.1, -0.05) is 24.3 Å². The molecule has 0 spiro atoms. The Hall–Kier alpha value is -1.94. The molecule has 0 heterocycles. The Morgan fingerprint density at radius 2 is 1.86 bits per heavy atom. The van der Waals surface area contributed by atoms with Gasteiger partial charge >= 0.3 is 0 Å². The lowest BCUT2D eigenvalue weighted by Crippen LogP contribution is -2.11. The van der Waals surface area contributed by atoms with Crippen molar-refractivity contribution in [3.05, 3.63) is 64.7 Å². The zero-order chi connectivity index (χ0) is 15.2. The molecular formula is C17H20N2OS. The summed E-state index contributed by atoms with van der Waals surface area (Å²) in [6.45, 7) is 2.13. The van der Waals surface area contributed by atoms with E-state index in [1.54, 1.807) is 7.11 Å². The van der Waals surface area contributed by atoms with Crippen molar-refractivity contribution in [2.24, 2.45) is 5.73 Å². The Kier molecular flexibility index (Phi) is 5.28.